The predicted octanol–water partition coefficient (Wildman–Crippen LogP) is 2.55. The van der Waals surface area contributed by atoms with Gasteiger partial charge in [-0.15, -0.1) is 4.79 Å². The van der Waals surface area contributed by atoms with Crippen LogP contribution in [0.4, 0.5) is 5.95 Å². The van der Waals surface area contributed by atoms with Crippen LogP contribution in [-0.2, 0) is 13.2 Å². The lowest BCUT2D eigenvalue weighted by Crippen LogP contribution is -2.18. The van der Waals surface area contributed by atoms with E-state index in [0.717, 1.165) is 16.7 Å². The highest BCUT2D eigenvalue weighted by atomic mass is 35.5. The fourth-order valence-electron chi connectivity index (χ4n) is 2.38. The number of nitrogens with zero attached hydrogens (tertiary/aromatic N) is 4. The number of aryl methyl sites for hydroxylation is 1. The van der Waals surface area contributed by atoms with E-state index in [9.17, 15) is 0 Å². The Morgan fingerprint density at radius 2 is 2.00 bits per heavy atom. The summed E-state index contributed by atoms with van der Waals surface area (Å²) in [7, 11) is 1.58. The predicted molar refractivity (Wildman–Crippen MR) is 98.8 cm³/mol. The number of aromatic nitrogens is 4. The van der Waals surface area contributed by atoms with Gasteiger partial charge in [0.1, 0.15) is 6.61 Å². The first-order valence-corrected chi connectivity index (χ1v) is 8.27. The van der Waals surface area contributed by atoms with Crippen molar-refractivity contribution in [2.75, 3.05) is 18.3 Å². The van der Waals surface area contributed by atoms with E-state index in [1.165, 1.54) is 4.79 Å². The quantitative estimate of drug-likeness (QED) is 0.655. The van der Waals surface area contributed by atoms with E-state index in [1.807, 2.05) is 37.3 Å². The number of nitrogens with two attached hydrogens (primary N) is 1. The molecule has 0 saturated heterocycles. The first-order chi connectivity index (χ1) is 12.6. The van der Waals surface area contributed by atoms with Crippen LogP contribution >= 0.6 is 11.6 Å². The van der Waals surface area contributed by atoms with Crippen molar-refractivity contribution in [2.45, 2.75) is 20.1 Å². The molecule has 1 aromatic heterocycles. The van der Waals surface area contributed by atoms with Crippen LogP contribution in [0.2, 0.25) is 5.02 Å². The Bertz CT molecular complexity index is 899. The van der Waals surface area contributed by atoms with Crippen LogP contribution in [0.3, 0.4) is 0 Å². The maximum atomic E-state index is 6.38. The van der Waals surface area contributed by atoms with Crippen molar-refractivity contribution in [2.24, 2.45) is 0 Å². The molecule has 0 aliphatic rings. The molecule has 0 aliphatic carbocycles. The summed E-state index contributed by atoms with van der Waals surface area (Å²) in [5.74, 6) is 1.32. The van der Waals surface area contributed by atoms with Gasteiger partial charge in [0.05, 0.1) is 13.7 Å². The number of hydrogen-bond donors (Lipinski definition) is 2. The molecule has 3 aromatic rings. The molecule has 2 aromatic carbocycles. The molecule has 0 fully saturated rings. The molecule has 0 amide bonds. The van der Waals surface area contributed by atoms with Gasteiger partial charge in [0.25, 0.3) is 5.95 Å². The van der Waals surface area contributed by atoms with E-state index in [0.29, 0.717) is 29.7 Å². The van der Waals surface area contributed by atoms with E-state index in [4.69, 9.17) is 26.8 Å². The summed E-state index contributed by atoms with van der Waals surface area (Å²) in [6, 6.07) is 11.6. The third-order valence-corrected chi connectivity index (χ3v) is 4.24. The van der Waals surface area contributed by atoms with Gasteiger partial charge >= 0.3 is 0 Å². The fourth-order valence-corrected chi connectivity index (χ4v) is 2.60. The Morgan fingerprint density at radius 3 is 2.69 bits per heavy atom. The van der Waals surface area contributed by atoms with Gasteiger partial charge in [-0.1, -0.05) is 41.0 Å². The lowest BCUT2D eigenvalue weighted by Gasteiger charge is -2.15. The summed E-state index contributed by atoms with van der Waals surface area (Å²) in [6.07, 6.45) is 0. The Balaban J connectivity index is 1.74. The highest BCUT2D eigenvalue weighted by molar-refractivity contribution is 6.31. The number of tetrazole rings is 1. The molecule has 0 aliphatic heterocycles. The zero-order valence-corrected chi connectivity index (χ0v) is 15.2. The van der Waals surface area contributed by atoms with Crippen molar-refractivity contribution in [3.8, 4) is 11.5 Å². The highest BCUT2D eigenvalue weighted by Crippen LogP contribution is 2.34. The van der Waals surface area contributed by atoms with Crippen molar-refractivity contribution >= 4 is 17.5 Å². The topological polar surface area (TPSA) is 100 Å². The molecular weight excluding hydrogens is 356 g/mol. The molecule has 3 N–H and O–H groups in total. The minimum absolute atomic E-state index is 0.159. The number of methoxy groups -OCH3 is 1. The zero-order valence-electron chi connectivity index (χ0n) is 14.4. The van der Waals surface area contributed by atoms with Crippen molar-refractivity contribution in [1.82, 2.24) is 20.3 Å². The first-order valence-electron chi connectivity index (χ1n) is 7.90. The zero-order chi connectivity index (χ0) is 18.5. The minimum atomic E-state index is 0.159. The molecule has 26 heavy (non-hydrogen) atoms. The lowest BCUT2D eigenvalue weighted by atomic mass is 10.1. The molecule has 0 spiro atoms. The van der Waals surface area contributed by atoms with Gasteiger partial charge in [-0.05, 0) is 40.1 Å². The second kappa shape index (κ2) is 7.92. The SMILES string of the molecule is COc1cc(CNn2nnnc2N)c(Cl)cc1OCc1ccccc1C. The van der Waals surface area contributed by atoms with E-state index in [1.54, 1.807) is 13.2 Å². The second-order valence-electron chi connectivity index (χ2n) is 5.59. The summed E-state index contributed by atoms with van der Waals surface area (Å²) < 4.78 is 11.4. The van der Waals surface area contributed by atoms with Gasteiger partial charge in [-0.2, -0.15) is 0 Å². The molecule has 8 nitrogen and oxygen atoms in total. The van der Waals surface area contributed by atoms with E-state index >= 15 is 0 Å². The average Bonchev–Trinajstić information content (AvgIpc) is 3.05. The Kier molecular flexibility index (Phi) is 5.43. The highest BCUT2D eigenvalue weighted by Gasteiger charge is 2.12. The Hall–Kier alpha value is -3.00. The van der Waals surface area contributed by atoms with Gasteiger partial charge in [0.2, 0.25) is 0 Å². The smallest absolute Gasteiger partial charge is 0.260 e. The van der Waals surface area contributed by atoms with E-state index in [2.05, 4.69) is 21.0 Å². The van der Waals surface area contributed by atoms with Crippen LogP contribution in [-0.4, -0.2) is 27.4 Å². The molecule has 9 heteroatoms. The standard InChI is InChI=1S/C17H19ClN6O2/c1-11-5-3-4-6-12(11)10-26-16-8-14(18)13(7-15(16)25-2)9-20-24-17(19)21-22-23-24/h3-8,20H,9-10H2,1-2H3,(H2,19,21,23). The Labute approximate surface area is 155 Å². The van der Waals surface area contributed by atoms with Gasteiger partial charge in [0, 0.05) is 11.1 Å². The summed E-state index contributed by atoms with van der Waals surface area (Å²) in [5.41, 5.74) is 11.6. The normalized spacial score (nSPS) is 10.6. The van der Waals surface area contributed by atoms with Crippen LogP contribution in [0.25, 0.3) is 0 Å². The number of anilines is 1. The molecule has 0 unspecified atom stereocenters. The van der Waals surface area contributed by atoms with Crippen LogP contribution < -0.4 is 20.6 Å². The van der Waals surface area contributed by atoms with Crippen LogP contribution in [0.15, 0.2) is 36.4 Å². The van der Waals surface area contributed by atoms with Crippen LogP contribution in [0.5, 0.6) is 11.5 Å². The number of rotatable bonds is 7. The fraction of sp³-hybridized carbons (Fsp3) is 0.235. The average molecular weight is 375 g/mol. The van der Waals surface area contributed by atoms with Crippen molar-refractivity contribution < 1.29 is 9.47 Å². The molecule has 0 atom stereocenters. The number of benzene rings is 2. The number of nitrogens with one attached hydrogen (secondary N) is 1. The summed E-state index contributed by atoms with van der Waals surface area (Å²) in [4.78, 5) is 1.27. The molecule has 3 rings (SSSR count). The summed E-state index contributed by atoms with van der Waals surface area (Å²) in [5, 5.41) is 11.3. The molecule has 0 saturated carbocycles. The van der Waals surface area contributed by atoms with Crippen LogP contribution in [0.1, 0.15) is 16.7 Å². The van der Waals surface area contributed by atoms with Crippen LogP contribution in [0, 0.1) is 6.92 Å². The van der Waals surface area contributed by atoms with Gasteiger partial charge < -0.3 is 20.6 Å². The molecule has 136 valence electrons. The van der Waals surface area contributed by atoms with Gasteiger partial charge in [-0.25, -0.2) is 0 Å². The Morgan fingerprint density at radius 1 is 1.19 bits per heavy atom. The molecular formula is C17H19ClN6O2. The first kappa shape index (κ1) is 17.8. The second-order valence-corrected chi connectivity index (χ2v) is 6.00. The minimum Gasteiger partial charge on any atom is -0.493 e. The maximum Gasteiger partial charge on any atom is 0.260 e. The summed E-state index contributed by atoms with van der Waals surface area (Å²) in [6.45, 7) is 2.84. The molecule has 0 bridgehead atoms. The number of nitrogen functional groups attached to an aromatic ring is 1. The number of halogens is 1. The van der Waals surface area contributed by atoms with Gasteiger partial charge in [-0.3, -0.25) is 0 Å². The monoisotopic (exact) mass is 374 g/mol. The number of hydrogen-bond acceptors (Lipinski definition) is 7. The third-order valence-electron chi connectivity index (χ3n) is 3.89. The van der Waals surface area contributed by atoms with Crippen molar-refractivity contribution in [3.63, 3.8) is 0 Å². The third kappa shape index (κ3) is 3.97. The summed E-state index contributed by atoms with van der Waals surface area (Å²) >= 11 is 6.38. The van der Waals surface area contributed by atoms with Crippen molar-refractivity contribution in [3.05, 3.63) is 58.1 Å². The molecule has 0 radical (unpaired) electrons. The van der Waals surface area contributed by atoms with Crippen molar-refractivity contribution in [1.29, 1.82) is 0 Å². The largest absolute Gasteiger partial charge is 0.493 e. The van der Waals surface area contributed by atoms with E-state index < -0.39 is 0 Å². The number of ether oxygens (including phenoxy) is 2. The van der Waals surface area contributed by atoms with Gasteiger partial charge in [0.15, 0.2) is 11.5 Å². The maximum absolute atomic E-state index is 6.38. The molecule has 1 heterocycles. The lowest BCUT2D eigenvalue weighted by molar-refractivity contribution is 0.283. The van der Waals surface area contributed by atoms with E-state index in [-0.39, 0.29) is 5.95 Å².